The Hall–Kier alpha value is -0.920. The van der Waals surface area contributed by atoms with E-state index in [2.05, 4.69) is 19.2 Å². The lowest BCUT2D eigenvalue weighted by atomic mass is 10.0. The molecule has 0 radical (unpaired) electrons. The summed E-state index contributed by atoms with van der Waals surface area (Å²) in [6, 6.07) is 6.09. The molecule has 7 heteroatoms. The second-order valence-electron chi connectivity index (χ2n) is 5.92. The molecule has 0 bridgehead atoms. The number of benzene rings is 1. The van der Waals surface area contributed by atoms with Gasteiger partial charge in [0.2, 0.25) is 0 Å². The molecule has 0 heterocycles. The predicted molar refractivity (Wildman–Crippen MR) is 94.0 cm³/mol. The van der Waals surface area contributed by atoms with E-state index in [-0.39, 0.29) is 16.4 Å². The summed E-state index contributed by atoms with van der Waals surface area (Å²) >= 11 is 0. The van der Waals surface area contributed by atoms with Crippen LogP contribution in [0.4, 0.5) is 0 Å². The highest BCUT2D eigenvalue weighted by Crippen LogP contribution is 2.14. The molecule has 0 saturated heterocycles. The van der Waals surface area contributed by atoms with Crippen molar-refractivity contribution in [3.63, 3.8) is 0 Å². The van der Waals surface area contributed by atoms with Crippen molar-refractivity contribution >= 4 is 19.7 Å². The van der Waals surface area contributed by atoms with Crippen LogP contribution in [0.1, 0.15) is 32.3 Å². The maximum absolute atomic E-state index is 12.3. The van der Waals surface area contributed by atoms with Gasteiger partial charge in [0.1, 0.15) is 0 Å². The minimum absolute atomic E-state index is 0.0402. The Bertz CT molecular complexity index is 675. The van der Waals surface area contributed by atoms with Gasteiger partial charge in [0.05, 0.1) is 16.4 Å². The average molecular weight is 362 g/mol. The lowest BCUT2D eigenvalue weighted by Crippen LogP contribution is -2.27. The molecule has 1 aromatic carbocycles. The van der Waals surface area contributed by atoms with Crippen LogP contribution in [0.15, 0.2) is 29.2 Å². The summed E-state index contributed by atoms with van der Waals surface area (Å²) in [6.45, 7) is 5.51. The fraction of sp³-hybridized carbons (Fsp3) is 0.625. The zero-order valence-electron chi connectivity index (χ0n) is 14.1. The normalized spacial score (nSPS) is 12.7. The molecular formula is C16H27NO4S2. The Morgan fingerprint density at radius 1 is 1.00 bits per heavy atom. The standard InChI is InChI=1S/C16H27NO4S2/c1-4-14(5-2)12-17-10-11-23(20,21)16-8-6-15(7-9-16)13-22(3,18)19/h6-9,14,17H,4-5,10-13H2,1-3H3. The van der Waals surface area contributed by atoms with E-state index < -0.39 is 19.7 Å². The molecule has 1 aromatic rings. The minimum Gasteiger partial charge on any atom is -0.315 e. The van der Waals surface area contributed by atoms with Gasteiger partial charge < -0.3 is 5.32 Å². The molecular weight excluding hydrogens is 334 g/mol. The van der Waals surface area contributed by atoms with Gasteiger partial charge in [0, 0.05) is 12.8 Å². The van der Waals surface area contributed by atoms with Gasteiger partial charge in [-0.3, -0.25) is 0 Å². The third kappa shape index (κ3) is 7.46. The first kappa shape index (κ1) is 20.1. The number of hydrogen-bond donors (Lipinski definition) is 1. The van der Waals surface area contributed by atoms with Crippen molar-refractivity contribution in [3.05, 3.63) is 29.8 Å². The maximum Gasteiger partial charge on any atom is 0.179 e. The summed E-state index contributed by atoms with van der Waals surface area (Å²) < 4.78 is 47.0. The summed E-state index contributed by atoms with van der Waals surface area (Å²) in [6.07, 6.45) is 3.32. The molecule has 0 spiro atoms. The van der Waals surface area contributed by atoms with Crippen LogP contribution in [0, 0.1) is 5.92 Å². The summed E-state index contributed by atoms with van der Waals surface area (Å²) in [5, 5.41) is 3.20. The Morgan fingerprint density at radius 3 is 2.04 bits per heavy atom. The van der Waals surface area contributed by atoms with E-state index >= 15 is 0 Å². The quantitative estimate of drug-likeness (QED) is 0.645. The summed E-state index contributed by atoms with van der Waals surface area (Å²) in [4.78, 5) is 0.235. The van der Waals surface area contributed by atoms with Crippen molar-refractivity contribution in [3.8, 4) is 0 Å². The zero-order chi connectivity index (χ0) is 17.5. The highest BCUT2D eigenvalue weighted by Gasteiger charge is 2.15. The van der Waals surface area contributed by atoms with Crippen molar-refractivity contribution in [2.24, 2.45) is 5.92 Å². The molecule has 0 aliphatic rings. The van der Waals surface area contributed by atoms with Crippen molar-refractivity contribution in [2.45, 2.75) is 37.3 Å². The fourth-order valence-electron chi connectivity index (χ4n) is 2.30. The van der Waals surface area contributed by atoms with E-state index in [1.54, 1.807) is 12.1 Å². The second kappa shape index (κ2) is 8.80. The van der Waals surface area contributed by atoms with Gasteiger partial charge in [-0.05, 0) is 30.2 Å². The molecule has 0 unspecified atom stereocenters. The fourth-order valence-corrected chi connectivity index (χ4v) is 4.30. The van der Waals surface area contributed by atoms with Gasteiger partial charge >= 0.3 is 0 Å². The average Bonchev–Trinajstić information content (AvgIpc) is 2.46. The topological polar surface area (TPSA) is 80.3 Å². The van der Waals surface area contributed by atoms with Crippen molar-refractivity contribution in [2.75, 3.05) is 25.1 Å². The summed E-state index contributed by atoms with van der Waals surface area (Å²) in [5.41, 5.74) is 0.596. The molecule has 0 saturated carbocycles. The van der Waals surface area contributed by atoms with E-state index in [9.17, 15) is 16.8 Å². The van der Waals surface area contributed by atoms with Crippen LogP contribution in [0.25, 0.3) is 0 Å². The molecule has 5 nitrogen and oxygen atoms in total. The van der Waals surface area contributed by atoms with Crippen LogP contribution in [-0.2, 0) is 25.4 Å². The number of hydrogen-bond acceptors (Lipinski definition) is 5. The first-order chi connectivity index (χ1) is 10.7. The highest BCUT2D eigenvalue weighted by molar-refractivity contribution is 7.91. The molecule has 1 N–H and O–H groups in total. The largest absolute Gasteiger partial charge is 0.315 e. The van der Waals surface area contributed by atoms with Gasteiger partial charge in [-0.1, -0.05) is 38.8 Å². The monoisotopic (exact) mass is 361 g/mol. The van der Waals surface area contributed by atoms with Gasteiger partial charge in [0.25, 0.3) is 0 Å². The van der Waals surface area contributed by atoms with Crippen LogP contribution in [0.3, 0.4) is 0 Å². The van der Waals surface area contributed by atoms with Crippen LogP contribution >= 0.6 is 0 Å². The second-order valence-corrected chi connectivity index (χ2v) is 10.2. The summed E-state index contributed by atoms with van der Waals surface area (Å²) in [7, 11) is -6.46. The lowest BCUT2D eigenvalue weighted by Gasteiger charge is -2.13. The predicted octanol–water partition coefficient (Wildman–Crippen LogP) is 2.03. The Balaban J connectivity index is 2.59. The van der Waals surface area contributed by atoms with Crippen LogP contribution in [0.5, 0.6) is 0 Å². The van der Waals surface area contributed by atoms with E-state index in [1.165, 1.54) is 12.1 Å². The Morgan fingerprint density at radius 2 is 1.57 bits per heavy atom. The molecule has 0 fully saturated rings. The van der Waals surface area contributed by atoms with Gasteiger partial charge in [-0.15, -0.1) is 0 Å². The Labute approximate surface area is 140 Å². The van der Waals surface area contributed by atoms with E-state index in [1.807, 2.05) is 0 Å². The molecule has 23 heavy (non-hydrogen) atoms. The van der Waals surface area contributed by atoms with Crippen molar-refractivity contribution in [1.29, 1.82) is 0 Å². The van der Waals surface area contributed by atoms with E-state index in [0.717, 1.165) is 25.6 Å². The third-order valence-corrected chi connectivity index (χ3v) is 6.44. The number of sulfone groups is 2. The van der Waals surface area contributed by atoms with Crippen LogP contribution in [-0.4, -0.2) is 41.9 Å². The van der Waals surface area contributed by atoms with Gasteiger partial charge in [-0.2, -0.15) is 0 Å². The first-order valence-electron chi connectivity index (χ1n) is 7.88. The van der Waals surface area contributed by atoms with Crippen molar-refractivity contribution < 1.29 is 16.8 Å². The van der Waals surface area contributed by atoms with E-state index in [4.69, 9.17) is 0 Å². The van der Waals surface area contributed by atoms with Crippen molar-refractivity contribution in [1.82, 2.24) is 5.32 Å². The molecule has 132 valence electrons. The van der Waals surface area contributed by atoms with Gasteiger partial charge in [0.15, 0.2) is 19.7 Å². The Kier molecular flexibility index (Phi) is 7.70. The molecule has 0 aliphatic carbocycles. The maximum atomic E-state index is 12.3. The number of rotatable bonds is 10. The molecule has 1 rings (SSSR count). The first-order valence-corrected chi connectivity index (χ1v) is 11.6. The smallest absolute Gasteiger partial charge is 0.179 e. The van der Waals surface area contributed by atoms with Gasteiger partial charge in [-0.25, -0.2) is 16.8 Å². The molecule has 0 aliphatic heterocycles. The lowest BCUT2D eigenvalue weighted by molar-refractivity contribution is 0.456. The summed E-state index contributed by atoms with van der Waals surface area (Å²) in [5.74, 6) is 0.538. The van der Waals surface area contributed by atoms with Crippen LogP contribution in [0.2, 0.25) is 0 Å². The SMILES string of the molecule is CCC(CC)CNCCS(=O)(=O)c1ccc(CS(C)(=O)=O)cc1. The molecule has 0 amide bonds. The molecule has 0 atom stereocenters. The molecule has 0 aromatic heterocycles. The number of nitrogens with one attached hydrogen (secondary N) is 1. The highest BCUT2D eigenvalue weighted by atomic mass is 32.2. The third-order valence-electron chi connectivity index (χ3n) is 3.85. The zero-order valence-corrected chi connectivity index (χ0v) is 15.7. The van der Waals surface area contributed by atoms with E-state index in [0.29, 0.717) is 18.0 Å². The minimum atomic E-state index is -3.34. The van der Waals surface area contributed by atoms with Crippen LogP contribution < -0.4 is 5.32 Å².